The Balaban J connectivity index is 2.12. The number of nitrogens with zero attached hydrogens (tertiary/aromatic N) is 2. The van der Waals surface area contributed by atoms with E-state index in [1.807, 2.05) is 13.0 Å². The van der Waals surface area contributed by atoms with Gasteiger partial charge in [-0.2, -0.15) is 0 Å². The molecule has 1 aliphatic carbocycles. The van der Waals surface area contributed by atoms with E-state index in [1.165, 1.54) is 0 Å². The normalized spacial score (nSPS) is 14.5. The summed E-state index contributed by atoms with van der Waals surface area (Å²) in [5.74, 6) is -0.178. The molecule has 1 aromatic heterocycles. The first-order valence-corrected chi connectivity index (χ1v) is 6.53. The van der Waals surface area contributed by atoms with Crippen molar-refractivity contribution in [2.45, 2.75) is 25.8 Å². The Morgan fingerprint density at radius 2 is 2.41 bits per heavy atom. The molecule has 0 amide bonds. The van der Waals surface area contributed by atoms with Crippen LogP contribution in [0.15, 0.2) is 22.9 Å². The predicted molar refractivity (Wildman–Crippen MR) is 68.9 cm³/mol. The molecule has 0 N–H and O–H groups in total. The van der Waals surface area contributed by atoms with E-state index in [0.29, 0.717) is 19.2 Å². The number of anilines is 1. The summed E-state index contributed by atoms with van der Waals surface area (Å²) in [5.41, 5.74) is 1.01. The largest absolute Gasteiger partial charge is 0.465 e. The highest BCUT2D eigenvalue weighted by Gasteiger charge is 2.31. The number of ether oxygens (including phenoxy) is 1. The zero-order chi connectivity index (χ0) is 12.3. The van der Waals surface area contributed by atoms with Gasteiger partial charge in [0.2, 0.25) is 0 Å². The molecule has 2 rings (SSSR count). The molecule has 0 spiro atoms. The number of carbonyl (C=O) groups is 1. The van der Waals surface area contributed by atoms with E-state index in [-0.39, 0.29) is 5.97 Å². The van der Waals surface area contributed by atoms with Crippen molar-refractivity contribution in [3.8, 4) is 0 Å². The Labute approximate surface area is 109 Å². The van der Waals surface area contributed by atoms with Gasteiger partial charge in [0.15, 0.2) is 0 Å². The van der Waals surface area contributed by atoms with Crippen LogP contribution in [-0.4, -0.2) is 30.1 Å². The molecule has 0 atom stereocenters. The van der Waals surface area contributed by atoms with E-state index in [4.69, 9.17) is 4.74 Å². The number of carbonyl (C=O) groups excluding carboxylic acids is 1. The summed E-state index contributed by atoms with van der Waals surface area (Å²) in [5, 5.41) is 0. The summed E-state index contributed by atoms with van der Waals surface area (Å²) in [4.78, 5) is 17.7. The van der Waals surface area contributed by atoms with Crippen LogP contribution < -0.4 is 4.90 Å². The molecule has 1 aromatic rings. The van der Waals surface area contributed by atoms with Gasteiger partial charge < -0.3 is 9.64 Å². The maximum absolute atomic E-state index is 11.6. The third-order valence-electron chi connectivity index (χ3n) is 2.65. The molecule has 5 heteroatoms. The maximum Gasteiger partial charge on any atom is 0.325 e. The molecule has 1 saturated carbocycles. The SMILES string of the molecule is CCOC(=O)CN(c1ccncc1Br)C1CC1. The number of hydrogen-bond acceptors (Lipinski definition) is 4. The van der Waals surface area contributed by atoms with Crippen LogP contribution in [0.2, 0.25) is 0 Å². The van der Waals surface area contributed by atoms with Crippen LogP contribution in [0.4, 0.5) is 5.69 Å². The Morgan fingerprint density at radius 3 is 3.00 bits per heavy atom. The lowest BCUT2D eigenvalue weighted by atomic mass is 10.3. The third-order valence-corrected chi connectivity index (χ3v) is 3.26. The minimum Gasteiger partial charge on any atom is -0.465 e. The second-order valence-electron chi connectivity index (χ2n) is 3.99. The quantitative estimate of drug-likeness (QED) is 0.783. The first-order valence-electron chi connectivity index (χ1n) is 5.74. The molecule has 0 aliphatic heterocycles. The zero-order valence-corrected chi connectivity index (χ0v) is 11.3. The Bertz CT molecular complexity index is 407. The summed E-state index contributed by atoms with van der Waals surface area (Å²) >= 11 is 3.47. The fourth-order valence-electron chi connectivity index (χ4n) is 1.74. The maximum atomic E-state index is 11.6. The lowest BCUT2D eigenvalue weighted by Crippen LogP contribution is -2.33. The van der Waals surface area contributed by atoms with Gasteiger partial charge >= 0.3 is 5.97 Å². The molecule has 0 saturated heterocycles. The summed E-state index contributed by atoms with van der Waals surface area (Å²) in [6.07, 6.45) is 5.75. The van der Waals surface area contributed by atoms with Crippen molar-refractivity contribution in [3.05, 3.63) is 22.9 Å². The topological polar surface area (TPSA) is 42.4 Å². The molecule has 92 valence electrons. The molecule has 17 heavy (non-hydrogen) atoms. The van der Waals surface area contributed by atoms with Gasteiger partial charge in [0, 0.05) is 18.4 Å². The van der Waals surface area contributed by atoms with E-state index < -0.39 is 0 Å². The molecular formula is C12H15BrN2O2. The van der Waals surface area contributed by atoms with Crippen molar-refractivity contribution < 1.29 is 9.53 Å². The van der Waals surface area contributed by atoms with Crippen LogP contribution in [-0.2, 0) is 9.53 Å². The molecule has 0 radical (unpaired) electrons. The molecular weight excluding hydrogens is 284 g/mol. The van der Waals surface area contributed by atoms with Gasteiger partial charge in [0.05, 0.1) is 16.8 Å². The van der Waals surface area contributed by atoms with Crippen LogP contribution >= 0.6 is 15.9 Å². The van der Waals surface area contributed by atoms with Crippen LogP contribution in [0.3, 0.4) is 0 Å². The Hall–Kier alpha value is -1.10. The van der Waals surface area contributed by atoms with Gasteiger partial charge in [0.25, 0.3) is 0 Å². The number of pyridine rings is 1. The lowest BCUT2D eigenvalue weighted by molar-refractivity contribution is -0.141. The molecule has 1 aliphatic rings. The molecule has 1 fully saturated rings. The summed E-state index contributed by atoms with van der Waals surface area (Å²) in [7, 11) is 0. The summed E-state index contributed by atoms with van der Waals surface area (Å²) in [6, 6.07) is 2.37. The van der Waals surface area contributed by atoms with Gasteiger partial charge in [-0.25, -0.2) is 0 Å². The average molecular weight is 299 g/mol. The van der Waals surface area contributed by atoms with Gasteiger partial charge in [-0.05, 0) is 41.8 Å². The van der Waals surface area contributed by atoms with E-state index >= 15 is 0 Å². The van der Waals surface area contributed by atoms with Gasteiger partial charge in [0.1, 0.15) is 6.54 Å². The molecule has 0 unspecified atom stereocenters. The first kappa shape index (κ1) is 12.4. The predicted octanol–water partition coefficient (Wildman–Crippen LogP) is 2.38. The highest BCUT2D eigenvalue weighted by Crippen LogP contribution is 2.35. The van der Waals surface area contributed by atoms with Crippen molar-refractivity contribution in [3.63, 3.8) is 0 Å². The fraction of sp³-hybridized carbons (Fsp3) is 0.500. The number of aromatic nitrogens is 1. The fourth-order valence-corrected chi connectivity index (χ4v) is 2.22. The van der Waals surface area contributed by atoms with Crippen molar-refractivity contribution in [2.75, 3.05) is 18.1 Å². The summed E-state index contributed by atoms with van der Waals surface area (Å²) in [6.45, 7) is 2.55. The lowest BCUT2D eigenvalue weighted by Gasteiger charge is -2.24. The Kier molecular flexibility index (Phi) is 3.99. The van der Waals surface area contributed by atoms with E-state index in [2.05, 4.69) is 25.8 Å². The van der Waals surface area contributed by atoms with E-state index in [0.717, 1.165) is 23.0 Å². The smallest absolute Gasteiger partial charge is 0.325 e. The van der Waals surface area contributed by atoms with Crippen LogP contribution in [0.1, 0.15) is 19.8 Å². The Morgan fingerprint density at radius 1 is 1.65 bits per heavy atom. The summed E-state index contributed by atoms with van der Waals surface area (Å²) < 4.78 is 5.91. The molecule has 4 nitrogen and oxygen atoms in total. The molecule has 0 bridgehead atoms. The minimum absolute atomic E-state index is 0.178. The van der Waals surface area contributed by atoms with Crippen molar-refractivity contribution in [2.24, 2.45) is 0 Å². The number of rotatable bonds is 5. The van der Waals surface area contributed by atoms with Crippen molar-refractivity contribution >= 4 is 27.6 Å². The molecule has 0 aromatic carbocycles. The van der Waals surface area contributed by atoms with Gasteiger partial charge in [-0.3, -0.25) is 9.78 Å². The number of halogens is 1. The second-order valence-corrected chi connectivity index (χ2v) is 4.85. The number of hydrogen-bond donors (Lipinski definition) is 0. The first-order chi connectivity index (χ1) is 8.22. The standard InChI is InChI=1S/C12H15BrN2O2/c1-2-17-12(16)8-15(9-3-4-9)11-5-6-14-7-10(11)13/h5-7,9H,2-4,8H2,1H3. The van der Waals surface area contributed by atoms with Gasteiger partial charge in [-0.15, -0.1) is 0 Å². The second kappa shape index (κ2) is 5.49. The molecule has 1 heterocycles. The third kappa shape index (κ3) is 3.19. The monoisotopic (exact) mass is 298 g/mol. The van der Waals surface area contributed by atoms with Crippen LogP contribution in [0.25, 0.3) is 0 Å². The minimum atomic E-state index is -0.178. The number of esters is 1. The highest BCUT2D eigenvalue weighted by atomic mass is 79.9. The van der Waals surface area contributed by atoms with Crippen LogP contribution in [0.5, 0.6) is 0 Å². The average Bonchev–Trinajstić information content (AvgIpc) is 3.11. The zero-order valence-electron chi connectivity index (χ0n) is 9.73. The van der Waals surface area contributed by atoms with Crippen molar-refractivity contribution in [1.29, 1.82) is 0 Å². The van der Waals surface area contributed by atoms with E-state index in [9.17, 15) is 4.79 Å². The van der Waals surface area contributed by atoms with Crippen LogP contribution in [0, 0.1) is 0 Å². The van der Waals surface area contributed by atoms with Gasteiger partial charge in [-0.1, -0.05) is 0 Å². The van der Waals surface area contributed by atoms with Crippen molar-refractivity contribution in [1.82, 2.24) is 4.98 Å². The highest BCUT2D eigenvalue weighted by molar-refractivity contribution is 9.10. The van der Waals surface area contributed by atoms with E-state index in [1.54, 1.807) is 12.4 Å².